The van der Waals surface area contributed by atoms with E-state index in [0.717, 1.165) is 25.7 Å². The number of Topliss-reactive ketones (excluding diaryl/α,β-unsaturated/α-hetero) is 1. The van der Waals surface area contributed by atoms with Crippen molar-refractivity contribution in [1.82, 2.24) is 0 Å². The first-order chi connectivity index (χ1) is 12.3. The molecule has 4 aliphatic rings. The van der Waals surface area contributed by atoms with Crippen LogP contribution in [0.1, 0.15) is 52.9 Å². The van der Waals surface area contributed by atoms with Crippen molar-refractivity contribution in [3.8, 4) is 0 Å². The molecular weight excluding hydrogens is 328 g/mol. The van der Waals surface area contributed by atoms with Gasteiger partial charge in [-0.1, -0.05) is 18.1 Å². The summed E-state index contributed by atoms with van der Waals surface area (Å²) >= 11 is 0. The maximum absolute atomic E-state index is 12.6. The highest BCUT2D eigenvalue weighted by Crippen LogP contribution is 2.62. The van der Waals surface area contributed by atoms with E-state index in [2.05, 4.69) is 13.8 Å². The van der Waals surface area contributed by atoms with Crippen LogP contribution in [0, 0.1) is 35.0 Å². The average Bonchev–Trinajstić information content (AvgIpc) is 2.91. The molecule has 0 N–H and O–H groups in total. The van der Waals surface area contributed by atoms with E-state index in [1.807, 2.05) is 6.08 Å². The van der Waals surface area contributed by atoms with Gasteiger partial charge in [0.2, 0.25) is 0 Å². The fraction of sp³-hybridized carbons (Fsp3) is 0.682. The first-order valence-electron chi connectivity index (χ1n) is 9.92. The summed E-state index contributed by atoms with van der Waals surface area (Å²) in [6.45, 7) is 6.20. The van der Waals surface area contributed by atoms with Gasteiger partial charge in [-0.2, -0.15) is 0 Å². The second kappa shape index (κ2) is 6.17. The van der Waals surface area contributed by atoms with Gasteiger partial charge in [-0.05, 0) is 62.5 Å². The van der Waals surface area contributed by atoms with Crippen molar-refractivity contribution in [1.29, 1.82) is 0 Å². The van der Waals surface area contributed by atoms with Gasteiger partial charge in [0.05, 0.1) is 6.61 Å². The van der Waals surface area contributed by atoms with E-state index < -0.39 is 0 Å². The summed E-state index contributed by atoms with van der Waals surface area (Å²) < 4.78 is 5.31. The van der Waals surface area contributed by atoms with Gasteiger partial charge in [0, 0.05) is 30.6 Å². The lowest BCUT2D eigenvalue weighted by Crippen LogP contribution is -2.49. The molecular formula is C22H28O4. The van der Waals surface area contributed by atoms with E-state index in [4.69, 9.17) is 4.74 Å². The van der Waals surface area contributed by atoms with Crippen LogP contribution in [0.15, 0.2) is 23.3 Å². The quantitative estimate of drug-likeness (QED) is 0.709. The molecule has 0 aliphatic heterocycles. The lowest BCUT2D eigenvalue weighted by atomic mass is 9.49. The lowest BCUT2D eigenvalue weighted by molar-refractivity contribution is -0.143. The molecule has 0 saturated heterocycles. The first-order valence-corrected chi connectivity index (χ1v) is 9.92. The largest absolute Gasteiger partial charge is 0.466 e. The number of fused-ring (bicyclic) bond motifs is 5. The van der Waals surface area contributed by atoms with Crippen molar-refractivity contribution in [3.05, 3.63) is 23.3 Å². The number of ketones is 2. The first kappa shape index (κ1) is 17.7. The third-order valence-corrected chi connectivity index (χ3v) is 7.84. The van der Waals surface area contributed by atoms with Gasteiger partial charge in [0.1, 0.15) is 5.78 Å². The molecule has 0 bridgehead atoms. The van der Waals surface area contributed by atoms with E-state index in [1.54, 1.807) is 6.08 Å². The van der Waals surface area contributed by atoms with Gasteiger partial charge in [-0.15, -0.1) is 0 Å². The summed E-state index contributed by atoms with van der Waals surface area (Å²) in [6.07, 6.45) is 8.17. The zero-order valence-corrected chi connectivity index (χ0v) is 15.9. The van der Waals surface area contributed by atoms with Crippen molar-refractivity contribution in [2.24, 2.45) is 35.0 Å². The lowest BCUT2D eigenvalue weighted by Gasteiger charge is -2.55. The SMILES string of the molecule is CC(=O)OCC1CC(=O)C2CCC3C(CCC4=CC(=O)C=C(C)C43C)C12. The van der Waals surface area contributed by atoms with Crippen molar-refractivity contribution >= 4 is 17.5 Å². The predicted octanol–water partition coefficient (Wildman–Crippen LogP) is 3.65. The molecule has 6 atom stereocenters. The van der Waals surface area contributed by atoms with Crippen LogP contribution < -0.4 is 0 Å². The summed E-state index contributed by atoms with van der Waals surface area (Å²) in [5.41, 5.74) is 2.40. The van der Waals surface area contributed by atoms with Gasteiger partial charge in [0.15, 0.2) is 5.78 Å². The number of hydrogen-bond acceptors (Lipinski definition) is 4. The van der Waals surface area contributed by atoms with Crippen molar-refractivity contribution < 1.29 is 19.1 Å². The molecule has 3 fully saturated rings. The Hall–Kier alpha value is -1.71. The Morgan fingerprint density at radius 2 is 2.00 bits per heavy atom. The molecule has 6 unspecified atom stereocenters. The Labute approximate surface area is 155 Å². The molecule has 3 saturated carbocycles. The minimum Gasteiger partial charge on any atom is -0.466 e. The Bertz CT molecular complexity index is 730. The van der Waals surface area contributed by atoms with Crippen LogP contribution in [0.25, 0.3) is 0 Å². The van der Waals surface area contributed by atoms with Gasteiger partial charge in [-0.25, -0.2) is 0 Å². The standard InChI is InChI=1S/C22H28O4/c1-12-8-16(24)10-15-4-5-17-19(22(12,15)3)7-6-18-20(25)9-14(21(17)18)11-26-13(2)23/h8,10,14,17-19,21H,4-7,9,11H2,1-3H3. The van der Waals surface area contributed by atoms with Crippen molar-refractivity contribution in [2.45, 2.75) is 52.9 Å². The number of esters is 1. The number of hydrogen-bond donors (Lipinski definition) is 0. The highest BCUT2D eigenvalue weighted by atomic mass is 16.5. The molecule has 0 spiro atoms. The van der Waals surface area contributed by atoms with E-state index >= 15 is 0 Å². The predicted molar refractivity (Wildman–Crippen MR) is 97.1 cm³/mol. The van der Waals surface area contributed by atoms with E-state index in [0.29, 0.717) is 36.6 Å². The van der Waals surface area contributed by atoms with Gasteiger partial charge >= 0.3 is 5.97 Å². The van der Waals surface area contributed by atoms with Crippen molar-refractivity contribution in [3.63, 3.8) is 0 Å². The Morgan fingerprint density at radius 1 is 1.23 bits per heavy atom. The van der Waals surface area contributed by atoms with Gasteiger partial charge in [-0.3, -0.25) is 14.4 Å². The fourth-order valence-corrected chi connectivity index (χ4v) is 6.60. The van der Waals surface area contributed by atoms with Crippen LogP contribution in [0.3, 0.4) is 0 Å². The molecule has 4 nitrogen and oxygen atoms in total. The van der Waals surface area contributed by atoms with Crippen LogP contribution in [0.5, 0.6) is 0 Å². The topological polar surface area (TPSA) is 60.4 Å². The average molecular weight is 356 g/mol. The Balaban J connectivity index is 1.66. The molecule has 0 aromatic heterocycles. The smallest absolute Gasteiger partial charge is 0.302 e. The zero-order chi connectivity index (χ0) is 18.6. The Kier molecular flexibility index (Phi) is 4.20. The van der Waals surface area contributed by atoms with Crippen LogP contribution in [0.4, 0.5) is 0 Å². The van der Waals surface area contributed by atoms with Gasteiger partial charge in [0.25, 0.3) is 0 Å². The minimum atomic E-state index is -0.265. The van der Waals surface area contributed by atoms with E-state index in [9.17, 15) is 14.4 Å². The number of rotatable bonds is 2. The molecule has 0 heterocycles. The fourth-order valence-electron chi connectivity index (χ4n) is 6.60. The summed E-state index contributed by atoms with van der Waals surface area (Å²) in [6, 6.07) is 0. The third kappa shape index (κ3) is 2.52. The molecule has 0 radical (unpaired) electrons. The summed E-state index contributed by atoms with van der Waals surface area (Å²) in [7, 11) is 0. The molecule has 4 rings (SSSR count). The molecule has 0 aromatic carbocycles. The molecule has 26 heavy (non-hydrogen) atoms. The summed E-state index contributed by atoms with van der Waals surface area (Å²) in [4.78, 5) is 35.9. The van der Waals surface area contributed by atoms with E-state index in [1.165, 1.54) is 18.1 Å². The molecule has 140 valence electrons. The molecule has 0 amide bonds. The Morgan fingerprint density at radius 3 is 2.73 bits per heavy atom. The molecule has 0 aromatic rings. The van der Waals surface area contributed by atoms with Crippen LogP contribution >= 0.6 is 0 Å². The second-order valence-corrected chi connectivity index (χ2v) is 8.90. The van der Waals surface area contributed by atoms with Gasteiger partial charge < -0.3 is 4.74 Å². The molecule has 4 heteroatoms. The van der Waals surface area contributed by atoms with Crippen molar-refractivity contribution in [2.75, 3.05) is 6.61 Å². The minimum absolute atomic E-state index is 0.0561. The van der Waals surface area contributed by atoms with Crippen LogP contribution in [-0.4, -0.2) is 24.1 Å². The summed E-state index contributed by atoms with van der Waals surface area (Å²) in [5, 5.41) is 0. The van der Waals surface area contributed by atoms with E-state index in [-0.39, 0.29) is 29.0 Å². The number of carbonyl (C=O) groups is 3. The number of allylic oxidation sites excluding steroid dienone is 4. The monoisotopic (exact) mass is 356 g/mol. The highest BCUT2D eigenvalue weighted by Gasteiger charge is 2.57. The number of carbonyl (C=O) groups excluding carboxylic acids is 3. The summed E-state index contributed by atoms with van der Waals surface area (Å²) in [5.74, 6) is 1.78. The van der Waals surface area contributed by atoms with Crippen LogP contribution in [-0.2, 0) is 19.1 Å². The number of ether oxygens (including phenoxy) is 1. The third-order valence-electron chi connectivity index (χ3n) is 7.84. The highest BCUT2D eigenvalue weighted by molar-refractivity contribution is 6.02. The second-order valence-electron chi connectivity index (χ2n) is 8.90. The normalized spacial score (nSPS) is 41.6. The van der Waals surface area contributed by atoms with Crippen LogP contribution in [0.2, 0.25) is 0 Å². The maximum Gasteiger partial charge on any atom is 0.302 e. The molecule has 4 aliphatic carbocycles. The maximum atomic E-state index is 12.6. The zero-order valence-electron chi connectivity index (χ0n) is 15.9.